The number of nitrogens with one attached hydrogen (secondary N) is 1. The molecule has 24 heavy (non-hydrogen) atoms. The Morgan fingerprint density at radius 1 is 1.50 bits per heavy atom. The van der Waals surface area contributed by atoms with Crippen molar-refractivity contribution in [1.29, 1.82) is 0 Å². The van der Waals surface area contributed by atoms with E-state index in [1.165, 1.54) is 4.68 Å². The summed E-state index contributed by atoms with van der Waals surface area (Å²) < 4.78 is 4.38. The average Bonchev–Trinajstić information content (AvgIpc) is 3.11. The van der Waals surface area contributed by atoms with Crippen molar-refractivity contribution < 1.29 is 0 Å². The van der Waals surface area contributed by atoms with Crippen molar-refractivity contribution in [2.24, 2.45) is 7.05 Å². The SMILES string of the molecule is C=CCN/C(=C\C)Cc1nc2c(s1)c1cnn(CC)c(=O)c1n2C. The van der Waals surface area contributed by atoms with Gasteiger partial charge in [0.2, 0.25) is 0 Å². The summed E-state index contributed by atoms with van der Waals surface area (Å²) in [6, 6.07) is 0. The summed E-state index contributed by atoms with van der Waals surface area (Å²) in [4.78, 5) is 17.2. The molecule has 1 N–H and O–H groups in total. The predicted octanol–water partition coefficient (Wildman–Crippen LogP) is 2.59. The highest BCUT2D eigenvalue weighted by molar-refractivity contribution is 7.19. The molecule has 0 bridgehead atoms. The predicted molar refractivity (Wildman–Crippen MR) is 99.5 cm³/mol. The number of aromatic nitrogens is 4. The van der Waals surface area contributed by atoms with E-state index in [9.17, 15) is 4.79 Å². The molecule has 0 atom stereocenters. The molecule has 126 valence electrons. The van der Waals surface area contributed by atoms with Crippen molar-refractivity contribution in [3.8, 4) is 0 Å². The van der Waals surface area contributed by atoms with Crippen LogP contribution in [-0.2, 0) is 20.0 Å². The van der Waals surface area contributed by atoms with Crippen LogP contribution >= 0.6 is 11.3 Å². The molecule has 0 spiro atoms. The van der Waals surface area contributed by atoms with Crippen molar-refractivity contribution in [2.45, 2.75) is 26.8 Å². The van der Waals surface area contributed by atoms with Crippen LogP contribution in [-0.4, -0.2) is 25.9 Å². The van der Waals surface area contributed by atoms with Crippen molar-refractivity contribution >= 4 is 32.6 Å². The van der Waals surface area contributed by atoms with Crippen molar-refractivity contribution in [2.75, 3.05) is 6.54 Å². The maximum atomic E-state index is 12.5. The van der Waals surface area contributed by atoms with E-state index < -0.39 is 0 Å². The lowest BCUT2D eigenvalue weighted by Crippen LogP contribution is -2.23. The zero-order valence-corrected chi connectivity index (χ0v) is 15.0. The highest BCUT2D eigenvalue weighted by Crippen LogP contribution is 2.31. The van der Waals surface area contributed by atoms with Crippen molar-refractivity contribution in [3.05, 3.63) is 46.0 Å². The molecule has 0 saturated carbocycles. The molecule has 0 amide bonds. The first-order chi connectivity index (χ1) is 11.6. The molecule has 0 aliphatic carbocycles. The summed E-state index contributed by atoms with van der Waals surface area (Å²) >= 11 is 1.62. The van der Waals surface area contributed by atoms with Gasteiger partial charge in [0.1, 0.15) is 10.5 Å². The highest BCUT2D eigenvalue weighted by Gasteiger charge is 2.18. The van der Waals surface area contributed by atoms with Crippen LogP contribution in [0.4, 0.5) is 0 Å². The number of hydrogen-bond acceptors (Lipinski definition) is 5. The molecule has 7 heteroatoms. The number of thiazole rings is 1. The minimum Gasteiger partial charge on any atom is -0.385 e. The molecule has 0 aliphatic rings. The van der Waals surface area contributed by atoms with Gasteiger partial charge in [0.25, 0.3) is 5.56 Å². The molecular formula is C17H21N5OS. The summed E-state index contributed by atoms with van der Waals surface area (Å²) in [5.41, 5.74) is 2.57. The minimum absolute atomic E-state index is 0.0638. The van der Waals surface area contributed by atoms with E-state index in [2.05, 4.69) is 23.1 Å². The van der Waals surface area contributed by atoms with Gasteiger partial charge in [0, 0.05) is 37.6 Å². The first-order valence-corrected chi connectivity index (χ1v) is 8.76. The standard InChI is InChI=1S/C17H21N5OS/c1-5-8-18-11(6-2)9-13-20-16-15(24-13)12-10-19-22(7-3)17(23)14(12)21(16)4/h5-6,10,18H,1,7-9H2,2-4H3/b11-6-. The van der Waals surface area contributed by atoms with Crippen molar-refractivity contribution in [1.82, 2.24) is 24.6 Å². The van der Waals surface area contributed by atoms with Gasteiger partial charge < -0.3 is 9.88 Å². The number of fused-ring (bicyclic) bond motifs is 3. The normalized spacial score (nSPS) is 12.2. The van der Waals surface area contributed by atoms with Gasteiger partial charge >= 0.3 is 0 Å². The van der Waals surface area contributed by atoms with Crippen LogP contribution in [0.3, 0.4) is 0 Å². The van der Waals surface area contributed by atoms with E-state index in [0.717, 1.165) is 39.4 Å². The van der Waals surface area contributed by atoms with Gasteiger partial charge in [-0.3, -0.25) is 4.79 Å². The van der Waals surface area contributed by atoms with Crippen LogP contribution in [0.2, 0.25) is 0 Å². The number of allylic oxidation sites excluding steroid dienone is 2. The third-order valence-electron chi connectivity index (χ3n) is 4.03. The Morgan fingerprint density at radius 3 is 2.96 bits per heavy atom. The Hall–Kier alpha value is -2.41. The average molecular weight is 343 g/mol. The highest BCUT2D eigenvalue weighted by atomic mass is 32.1. The summed E-state index contributed by atoms with van der Waals surface area (Å²) in [6.07, 6.45) is 6.40. The molecule has 0 aromatic carbocycles. The lowest BCUT2D eigenvalue weighted by atomic mass is 10.3. The topological polar surface area (TPSA) is 64.7 Å². The summed E-state index contributed by atoms with van der Waals surface area (Å²) in [5.74, 6) is 0. The number of rotatable bonds is 6. The van der Waals surface area contributed by atoms with E-state index in [1.807, 2.05) is 31.5 Å². The van der Waals surface area contributed by atoms with Gasteiger partial charge in [0.05, 0.1) is 10.9 Å². The number of hydrogen-bond donors (Lipinski definition) is 1. The first-order valence-electron chi connectivity index (χ1n) is 7.94. The fourth-order valence-electron chi connectivity index (χ4n) is 2.77. The summed E-state index contributed by atoms with van der Waals surface area (Å²) in [6.45, 7) is 8.93. The third-order valence-corrected chi connectivity index (χ3v) is 5.11. The molecule has 3 rings (SSSR count). The van der Waals surface area contributed by atoms with Gasteiger partial charge in [-0.15, -0.1) is 17.9 Å². The van der Waals surface area contributed by atoms with Gasteiger partial charge in [-0.2, -0.15) is 5.10 Å². The van der Waals surface area contributed by atoms with Crippen LogP contribution in [0.25, 0.3) is 21.3 Å². The third kappa shape index (κ3) is 2.65. The van der Waals surface area contributed by atoms with Crippen LogP contribution in [0, 0.1) is 0 Å². The molecule has 3 aromatic heterocycles. The molecule has 3 heterocycles. The maximum Gasteiger partial charge on any atom is 0.291 e. The van der Waals surface area contributed by atoms with E-state index in [4.69, 9.17) is 4.98 Å². The van der Waals surface area contributed by atoms with E-state index >= 15 is 0 Å². The Morgan fingerprint density at radius 2 is 2.29 bits per heavy atom. The van der Waals surface area contributed by atoms with Gasteiger partial charge in [-0.1, -0.05) is 12.2 Å². The second-order valence-electron chi connectivity index (χ2n) is 5.51. The molecule has 6 nitrogen and oxygen atoms in total. The van der Waals surface area contributed by atoms with E-state index in [0.29, 0.717) is 12.1 Å². The fraction of sp³-hybridized carbons (Fsp3) is 0.353. The van der Waals surface area contributed by atoms with Crippen molar-refractivity contribution in [3.63, 3.8) is 0 Å². The lowest BCUT2D eigenvalue weighted by Gasteiger charge is -2.06. The zero-order chi connectivity index (χ0) is 17.3. The summed E-state index contributed by atoms with van der Waals surface area (Å²) in [7, 11) is 1.89. The quantitative estimate of drug-likeness (QED) is 0.699. The Bertz CT molecular complexity index is 992. The van der Waals surface area contributed by atoms with Crippen LogP contribution in [0.15, 0.2) is 35.4 Å². The number of nitrogens with zero attached hydrogens (tertiary/aromatic N) is 4. The first kappa shape index (κ1) is 16.4. The van der Waals surface area contributed by atoms with Crippen LogP contribution in [0.5, 0.6) is 0 Å². The fourth-order valence-corrected chi connectivity index (χ4v) is 3.89. The zero-order valence-electron chi connectivity index (χ0n) is 14.2. The lowest BCUT2D eigenvalue weighted by molar-refractivity contribution is 0.620. The number of aryl methyl sites for hydroxylation is 2. The van der Waals surface area contributed by atoms with Gasteiger partial charge in [-0.25, -0.2) is 9.67 Å². The van der Waals surface area contributed by atoms with Gasteiger partial charge in [-0.05, 0) is 13.8 Å². The molecule has 0 unspecified atom stereocenters. The monoisotopic (exact) mass is 343 g/mol. The molecular weight excluding hydrogens is 322 g/mol. The second kappa shape index (κ2) is 6.60. The van der Waals surface area contributed by atoms with E-state index in [-0.39, 0.29) is 5.56 Å². The molecule has 0 aliphatic heterocycles. The van der Waals surface area contributed by atoms with Crippen LogP contribution in [0.1, 0.15) is 18.9 Å². The second-order valence-corrected chi connectivity index (χ2v) is 6.59. The largest absolute Gasteiger partial charge is 0.385 e. The summed E-state index contributed by atoms with van der Waals surface area (Å²) in [5, 5.41) is 9.46. The maximum absolute atomic E-state index is 12.5. The minimum atomic E-state index is -0.0638. The van der Waals surface area contributed by atoms with Gasteiger partial charge in [0.15, 0.2) is 5.65 Å². The molecule has 0 saturated heterocycles. The Labute approximate surface area is 144 Å². The Balaban J connectivity index is 2.07. The molecule has 0 fully saturated rings. The Kier molecular flexibility index (Phi) is 4.53. The van der Waals surface area contributed by atoms with Crippen LogP contribution < -0.4 is 10.9 Å². The van der Waals surface area contributed by atoms with E-state index in [1.54, 1.807) is 17.5 Å². The smallest absolute Gasteiger partial charge is 0.291 e. The molecule has 3 aromatic rings. The molecule has 0 radical (unpaired) electrons.